The largest absolute Gasteiger partial charge is 0.336 e. The number of urea groups is 1. The maximum atomic E-state index is 12.5. The quantitative estimate of drug-likeness (QED) is 0.784. The summed E-state index contributed by atoms with van der Waals surface area (Å²) < 4.78 is 0. The molecule has 0 atom stereocenters. The van der Waals surface area contributed by atoms with Crippen molar-refractivity contribution < 1.29 is 14.4 Å². The molecule has 1 fully saturated rings. The molecule has 0 spiro atoms. The fraction of sp³-hybridized carbons (Fsp3) is 0.318. The first kappa shape index (κ1) is 21.8. The van der Waals surface area contributed by atoms with Crippen LogP contribution >= 0.6 is 11.6 Å². The molecule has 1 heterocycles. The fourth-order valence-corrected chi connectivity index (χ4v) is 3.49. The van der Waals surface area contributed by atoms with Crippen LogP contribution in [-0.4, -0.2) is 60.4 Å². The molecule has 1 aliphatic heterocycles. The van der Waals surface area contributed by atoms with E-state index in [9.17, 15) is 14.4 Å². The van der Waals surface area contributed by atoms with E-state index >= 15 is 0 Å². The van der Waals surface area contributed by atoms with Gasteiger partial charge in [0.25, 0.3) is 5.91 Å². The Labute approximate surface area is 181 Å². The highest BCUT2D eigenvalue weighted by molar-refractivity contribution is 6.30. The van der Waals surface area contributed by atoms with Crippen molar-refractivity contribution in [3.05, 3.63) is 64.2 Å². The number of aryl methyl sites for hydroxylation is 2. The SMILES string of the molecule is Cc1ccc(NC(=O)NC(=O)CN2CCN(C(=O)c3ccc(Cl)cc3)CC2)c(C)c1. The molecular weight excluding hydrogens is 404 g/mol. The average Bonchev–Trinajstić information content (AvgIpc) is 2.70. The lowest BCUT2D eigenvalue weighted by molar-refractivity contribution is -0.121. The predicted molar refractivity (Wildman–Crippen MR) is 117 cm³/mol. The Hall–Kier alpha value is -2.90. The van der Waals surface area contributed by atoms with E-state index in [1.165, 1.54) is 0 Å². The predicted octanol–water partition coefficient (Wildman–Crippen LogP) is 3.06. The van der Waals surface area contributed by atoms with Crippen LogP contribution in [0.15, 0.2) is 42.5 Å². The number of halogens is 1. The van der Waals surface area contributed by atoms with E-state index in [2.05, 4.69) is 10.6 Å². The highest BCUT2D eigenvalue weighted by atomic mass is 35.5. The van der Waals surface area contributed by atoms with Gasteiger partial charge in [-0.05, 0) is 49.7 Å². The van der Waals surface area contributed by atoms with Crippen LogP contribution in [0.5, 0.6) is 0 Å². The Morgan fingerprint density at radius 1 is 0.967 bits per heavy atom. The zero-order valence-corrected chi connectivity index (χ0v) is 17.8. The lowest BCUT2D eigenvalue weighted by Crippen LogP contribution is -2.51. The first-order chi connectivity index (χ1) is 14.3. The summed E-state index contributed by atoms with van der Waals surface area (Å²) in [6.07, 6.45) is 0. The molecule has 2 aromatic carbocycles. The molecular formula is C22H25ClN4O3. The third-order valence-corrected chi connectivity index (χ3v) is 5.25. The number of carbonyl (C=O) groups is 3. The molecule has 8 heteroatoms. The minimum absolute atomic E-state index is 0.0522. The number of amides is 4. The number of nitrogens with zero attached hydrogens (tertiary/aromatic N) is 2. The van der Waals surface area contributed by atoms with Crippen molar-refractivity contribution in [2.75, 3.05) is 38.0 Å². The van der Waals surface area contributed by atoms with Crippen molar-refractivity contribution in [1.29, 1.82) is 0 Å². The number of piperazine rings is 1. The minimum atomic E-state index is -0.552. The highest BCUT2D eigenvalue weighted by Crippen LogP contribution is 2.16. The number of carbonyl (C=O) groups excluding carboxylic acids is 3. The maximum absolute atomic E-state index is 12.5. The molecule has 7 nitrogen and oxygen atoms in total. The molecule has 0 bridgehead atoms. The monoisotopic (exact) mass is 428 g/mol. The van der Waals surface area contributed by atoms with Crippen LogP contribution in [0.4, 0.5) is 10.5 Å². The van der Waals surface area contributed by atoms with Gasteiger partial charge in [-0.3, -0.25) is 19.8 Å². The van der Waals surface area contributed by atoms with Gasteiger partial charge in [0.1, 0.15) is 0 Å². The van der Waals surface area contributed by atoms with Crippen molar-refractivity contribution in [2.24, 2.45) is 0 Å². The molecule has 0 unspecified atom stereocenters. The normalized spacial score (nSPS) is 14.3. The number of anilines is 1. The van der Waals surface area contributed by atoms with Crippen molar-refractivity contribution in [2.45, 2.75) is 13.8 Å². The molecule has 158 valence electrons. The fourth-order valence-electron chi connectivity index (χ4n) is 3.36. The zero-order valence-electron chi connectivity index (χ0n) is 17.1. The molecule has 3 rings (SSSR count). The van der Waals surface area contributed by atoms with Crippen molar-refractivity contribution in [3.63, 3.8) is 0 Å². The Bertz CT molecular complexity index is 938. The molecule has 0 saturated carbocycles. The first-order valence-electron chi connectivity index (χ1n) is 9.77. The number of nitrogens with one attached hydrogen (secondary N) is 2. The summed E-state index contributed by atoms with van der Waals surface area (Å²) in [4.78, 5) is 40.5. The van der Waals surface area contributed by atoms with Crippen molar-refractivity contribution >= 4 is 35.1 Å². The van der Waals surface area contributed by atoms with Gasteiger partial charge in [0.2, 0.25) is 5.91 Å². The zero-order chi connectivity index (χ0) is 21.7. The van der Waals surface area contributed by atoms with Crippen LogP contribution in [0.3, 0.4) is 0 Å². The molecule has 4 amide bonds. The molecule has 0 aromatic heterocycles. The van der Waals surface area contributed by atoms with E-state index in [1.54, 1.807) is 29.2 Å². The summed E-state index contributed by atoms with van der Waals surface area (Å²) in [6, 6.07) is 11.9. The van der Waals surface area contributed by atoms with Gasteiger partial charge in [0.15, 0.2) is 0 Å². The highest BCUT2D eigenvalue weighted by Gasteiger charge is 2.23. The number of imide groups is 1. The third-order valence-electron chi connectivity index (χ3n) is 5.00. The van der Waals surface area contributed by atoms with Crippen LogP contribution in [0.2, 0.25) is 5.02 Å². The van der Waals surface area contributed by atoms with E-state index in [4.69, 9.17) is 11.6 Å². The summed E-state index contributed by atoms with van der Waals surface area (Å²) in [6.45, 7) is 6.13. The van der Waals surface area contributed by atoms with Crippen LogP contribution in [0, 0.1) is 13.8 Å². The van der Waals surface area contributed by atoms with Gasteiger partial charge in [-0.15, -0.1) is 0 Å². The minimum Gasteiger partial charge on any atom is -0.336 e. The van der Waals surface area contributed by atoms with Gasteiger partial charge >= 0.3 is 6.03 Å². The summed E-state index contributed by atoms with van der Waals surface area (Å²) in [5, 5.41) is 5.64. The number of benzene rings is 2. The van der Waals surface area contributed by atoms with Gasteiger partial charge in [0, 0.05) is 42.5 Å². The maximum Gasteiger partial charge on any atom is 0.325 e. The Morgan fingerprint density at radius 3 is 2.27 bits per heavy atom. The first-order valence-corrected chi connectivity index (χ1v) is 10.1. The molecule has 30 heavy (non-hydrogen) atoms. The van der Waals surface area contributed by atoms with Gasteiger partial charge in [-0.2, -0.15) is 0 Å². The average molecular weight is 429 g/mol. The second-order valence-corrected chi connectivity index (χ2v) is 7.83. The molecule has 1 aliphatic rings. The van der Waals surface area contributed by atoms with E-state index < -0.39 is 6.03 Å². The van der Waals surface area contributed by atoms with Gasteiger partial charge in [-0.1, -0.05) is 29.3 Å². The Morgan fingerprint density at radius 2 is 1.63 bits per heavy atom. The lowest BCUT2D eigenvalue weighted by Gasteiger charge is -2.34. The molecule has 1 saturated heterocycles. The summed E-state index contributed by atoms with van der Waals surface area (Å²) in [5.41, 5.74) is 3.29. The molecule has 0 radical (unpaired) electrons. The van der Waals surface area contributed by atoms with E-state index in [-0.39, 0.29) is 18.4 Å². The van der Waals surface area contributed by atoms with Gasteiger partial charge in [-0.25, -0.2) is 4.79 Å². The number of hydrogen-bond donors (Lipinski definition) is 2. The Kier molecular flexibility index (Phi) is 7.07. The Balaban J connectivity index is 1.44. The van der Waals surface area contributed by atoms with Gasteiger partial charge < -0.3 is 10.2 Å². The summed E-state index contributed by atoms with van der Waals surface area (Å²) >= 11 is 5.87. The number of hydrogen-bond acceptors (Lipinski definition) is 4. The van der Waals surface area contributed by atoms with E-state index in [1.807, 2.05) is 36.9 Å². The standard InChI is InChI=1S/C22H25ClN4O3/c1-15-3-8-19(16(2)13-15)24-22(30)25-20(28)14-26-9-11-27(12-10-26)21(29)17-4-6-18(23)7-5-17/h3-8,13H,9-12,14H2,1-2H3,(H2,24,25,28,30). The number of rotatable bonds is 4. The molecule has 2 N–H and O–H groups in total. The lowest BCUT2D eigenvalue weighted by atomic mass is 10.1. The van der Waals surface area contributed by atoms with Gasteiger partial charge in [0.05, 0.1) is 6.54 Å². The van der Waals surface area contributed by atoms with Crippen LogP contribution in [-0.2, 0) is 4.79 Å². The van der Waals surface area contributed by atoms with Crippen LogP contribution in [0.25, 0.3) is 0 Å². The summed E-state index contributed by atoms with van der Waals surface area (Å²) in [7, 11) is 0. The molecule has 0 aliphatic carbocycles. The smallest absolute Gasteiger partial charge is 0.325 e. The van der Waals surface area contributed by atoms with Crippen molar-refractivity contribution in [1.82, 2.24) is 15.1 Å². The van der Waals surface area contributed by atoms with E-state index in [0.29, 0.717) is 42.5 Å². The molecule has 2 aromatic rings. The third kappa shape index (κ3) is 5.81. The van der Waals surface area contributed by atoms with Crippen molar-refractivity contribution in [3.8, 4) is 0 Å². The topological polar surface area (TPSA) is 81.8 Å². The second kappa shape index (κ2) is 9.73. The van der Waals surface area contributed by atoms with Crippen LogP contribution < -0.4 is 10.6 Å². The second-order valence-electron chi connectivity index (χ2n) is 7.40. The van der Waals surface area contributed by atoms with Crippen LogP contribution in [0.1, 0.15) is 21.5 Å². The summed E-state index contributed by atoms with van der Waals surface area (Å²) in [5.74, 6) is -0.432. The van der Waals surface area contributed by atoms with E-state index in [0.717, 1.165) is 11.1 Å².